The van der Waals surface area contributed by atoms with Gasteiger partial charge in [-0.25, -0.2) is 4.79 Å². The topological polar surface area (TPSA) is 55.4 Å². The number of hydrogen-bond donors (Lipinski definition) is 1. The van der Waals surface area contributed by atoms with E-state index < -0.39 is 17.2 Å². The molecule has 0 unspecified atom stereocenters. The molecule has 0 radical (unpaired) electrons. The van der Waals surface area contributed by atoms with E-state index in [1.165, 1.54) is 0 Å². The molecule has 0 aromatic rings. The summed E-state index contributed by atoms with van der Waals surface area (Å²) < 4.78 is 5.30. The lowest BCUT2D eigenvalue weighted by Crippen LogP contribution is -2.59. The third kappa shape index (κ3) is 2.10. The molecule has 2 bridgehead atoms. The standard InChI is InChI=1S/C14H22BrNO3/c1-12(2,3)19-11(18)16-14-7-6-8(13(14,4)5)9(15)10(14)17/h8-9H,6-7H2,1-5H3,(H,16,18)/t8-,9+,14-/m0/s1. The van der Waals surface area contributed by atoms with Crippen LogP contribution in [0.5, 0.6) is 0 Å². The number of alkyl carbamates (subject to hydrolysis) is 1. The number of amides is 1. The van der Waals surface area contributed by atoms with Gasteiger partial charge in [-0.15, -0.1) is 0 Å². The Morgan fingerprint density at radius 3 is 2.42 bits per heavy atom. The van der Waals surface area contributed by atoms with Crippen LogP contribution < -0.4 is 5.32 Å². The van der Waals surface area contributed by atoms with Crippen molar-refractivity contribution in [3.63, 3.8) is 0 Å². The lowest BCUT2D eigenvalue weighted by molar-refractivity contribution is -0.125. The molecule has 4 nitrogen and oxygen atoms in total. The van der Waals surface area contributed by atoms with E-state index in [2.05, 4.69) is 35.1 Å². The number of fused-ring (bicyclic) bond motifs is 2. The summed E-state index contributed by atoms with van der Waals surface area (Å²) in [6.07, 6.45) is 1.14. The Morgan fingerprint density at radius 2 is 2.00 bits per heavy atom. The molecule has 2 aliphatic rings. The van der Waals surface area contributed by atoms with Crippen molar-refractivity contribution >= 4 is 27.8 Å². The minimum absolute atomic E-state index is 0.0830. The molecule has 2 saturated carbocycles. The monoisotopic (exact) mass is 331 g/mol. The van der Waals surface area contributed by atoms with Crippen LogP contribution in [0, 0.1) is 11.3 Å². The Kier molecular flexibility index (Phi) is 3.28. The smallest absolute Gasteiger partial charge is 0.408 e. The highest BCUT2D eigenvalue weighted by atomic mass is 79.9. The fraction of sp³-hybridized carbons (Fsp3) is 0.857. The Morgan fingerprint density at radius 1 is 1.42 bits per heavy atom. The van der Waals surface area contributed by atoms with Crippen LogP contribution in [0.1, 0.15) is 47.5 Å². The van der Waals surface area contributed by atoms with Gasteiger partial charge in [-0.1, -0.05) is 29.8 Å². The van der Waals surface area contributed by atoms with E-state index in [1.54, 1.807) is 0 Å². The summed E-state index contributed by atoms with van der Waals surface area (Å²) in [5.74, 6) is 0.356. The van der Waals surface area contributed by atoms with Crippen molar-refractivity contribution in [1.29, 1.82) is 0 Å². The van der Waals surface area contributed by atoms with E-state index >= 15 is 0 Å². The first kappa shape index (κ1) is 14.8. The lowest BCUT2D eigenvalue weighted by atomic mass is 9.76. The largest absolute Gasteiger partial charge is 0.444 e. The maximum Gasteiger partial charge on any atom is 0.408 e. The molecule has 19 heavy (non-hydrogen) atoms. The Bertz CT molecular complexity index is 427. The van der Waals surface area contributed by atoms with E-state index in [9.17, 15) is 9.59 Å². The van der Waals surface area contributed by atoms with Crippen LogP contribution in [0.4, 0.5) is 4.79 Å². The van der Waals surface area contributed by atoms with Gasteiger partial charge in [-0.05, 0) is 44.9 Å². The van der Waals surface area contributed by atoms with Crippen molar-refractivity contribution in [2.45, 2.75) is 63.4 Å². The summed E-state index contributed by atoms with van der Waals surface area (Å²) in [7, 11) is 0. The minimum Gasteiger partial charge on any atom is -0.444 e. The van der Waals surface area contributed by atoms with Crippen molar-refractivity contribution in [1.82, 2.24) is 5.32 Å². The van der Waals surface area contributed by atoms with Crippen LogP contribution in [0.3, 0.4) is 0 Å². The zero-order chi connectivity index (χ0) is 14.6. The maximum absolute atomic E-state index is 12.5. The second-order valence-corrected chi connectivity index (χ2v) is 8.15. The third-order valence-electron chi connectivity index (χ3n) is 4.60. The fourth-order valence-electron chi connectivity index (χ4n) is 3.51. The maximum atomic E-state index is 12.5. The van der Waals surface area contributed by atoms with Gasteiger partial charge in [0.1, 0.15) is 11.1 Å². The Balaban J connectivity index is 2.23. The summed E-state index contributed by atoms with van der Waals surface area (Å²) in [6.45, 7) is 9.56. The summed E-state index contributed by atoms with van der Waals surface area (Å²) in [6, 6.07) is 0. The van der Waals surface area contributed by atoms with Gasteiger partial charge in [0.05, 0.1) is 4.83 Å². The molecule has 2 rings (SSSR count). The predicted molar refractivity (Wildman–Crippen MR) is 76.3 cm³/mol. The van der Waals surface area contributed by atoms with E-state index in [4.69, 9.17) is 4.74 Å². The first-order valence-corrected chi connectivity index (χ1v) is 7.62. The van der Waals surface area contributed by atoms with Crippen molar-refractivity contribution in [2.24, 2.45) is 11.3 Å². The molecule has 1 amide bonds. The van der Waals surface area contributed by atoms with E-state index in [1.807, 2.05) is 20.8 Å². The first-order chi connectivity index (χ1) is 8.51. The normalized spacial score (nSPS) is 36.4. The van der Waals surface area contributed by atoms with Crippen LogP contribution in [0.25, 0.3) is 0 Å². The van der Waals surface area contributed by atoms with Gasteiger partial charge in [-0.2, -0.15) is 0 Å². The molecular weight excluding hydrogens is 310 g/mol. The summed E-state index contributed by atoms with van der Waals surface area (Å²) in [4.78, 5) is 24.4. The Hall–Kier alpha value is -0.580. The van der Waals surface area contributed by atoms with Crippen LogP contribution in [0.15, 0.2) is 0 Å². The molecule has 0 heterocycles. The lowest BCUT2D eigenvalue weighted by Gasteiger charge is -2.37. The van der Waals surface area contributed by atoms with Gasteiger partial charge in [0.2, 0.25) is 0 Å². The summed E-state index contributed by atoms with van der Waals surface area (Å²) >= 11 is 3.48. The van der Waals surface area contributed by atoms with Gasteiger partial charge < -0.3 is 10.1 Å². The van der Waals surface area contributed by atoms with E-state index in [-0.39, 0.29) is 21.9 Å². The van der Waals surface area contributed by atoms with Gasteiger partial charge in [-0.3, -0.25) is 4.79 Å². The molecule has 1 N–H and O–H groups in total. The highest BCUT2D eigenvalue weighted by molar-refractivity contribution is 9.10. The molecule has 2 fully saturated rings. The third-order valence-corrected chi connectivity index (χ3v) is 5.65. The average molecular weight is 332 g/mol. The fourth-order valence-corrected chi connectivity index (χ4v) is 4.82. The number of halogens is 1. The van der Waals surface area contributed by atoms with E-state index in [0.717, 1.165) is 6.42 Å². The molecule has 0 aromatic heterocycles. The van der Waals surface area contributed by atoms with Gasteiger partial charge in [0.15, 0.2) is 5.78 Å². The number of ketones is 1. The molecule has 5 heteroatoms. The Labute approximate surface area is 122 Å². The van der Waals surface area contributed by atoms with Gasteiger partial charge in [0, 0.05) is 0 Å². The first-order valence-electron chi connectivity index (χ1n) is 6.71. The highest BCUT2D eigenvalue weighted by Crippen LogP contribution is 2.60. The molecule has 2 aliphatic carbocycles. The van der Waals surface area contributed by atoms with Crippen molar-refractivity contribution in [3.8, 4) is 0 Å². The number of ether oxygens (including phenoxy) is 1. The van der Waals surface area contributed by atoms with Gasteiger partial charge >= 0.3 is 6.09 Å². The van der Waals surface area contributed by atoms with Crippen molar-refractivity contribution < 1.29 is 14.3 Å². The van der Waals surface area contributed by atoms with Crippen LogP contribution in [-0.2, 0) is 9.53 Å². The number of carbonyl (C=O) groups excluding carboxylic acids is 2. The van der Waals surface area contributed by atoms with E-state index in [0.29, 0.717) is 6.42 Å². The molecular formula is C14H22BrNO3. The molecule has 0 aromatic carbocycles. The second kappa shape index (κ2) is 4.21. The SMILES string of the molecule is CC(C)(C)OC(=O)N[C@@]12CC[C@@H]([C@@H](Br)C1=O)C2(C)C. The molecule has 108 valence electrons. The number of nitrogens with one attached hydrogen (secondary N) is 1. The zero-order valence-electron chi connectivity index (χ0n) is 12.2. The average Bonchev–Trinajstić information content (AvgIpc) is 2.51. The highest BCUT2D eigenvalue weighted by Gasteiger charge is 2.69. The summed E-state index contributed by atoms with van der Waals surface area (Å²) in [5, 5.41) is 2.87. The molecule has 0 spiro atoms. The number of rotatable bonds is 1. The van der Waals surface area contributed by atoms with Gasteiger partial charge in [0.25, 0.3) is 0 Å². The minimum atomic E-state index is -0.784. The zero-order valence-corrected chi connectivity index (χ0v) is 13.8. The second-order valence-electron chi connectivity index (χ2n) is 7.17. The quantitative estimate of drug-likeness (QED) is 0.751. The van der Waals surface area contributed by atoms with Crippen LogP contribution in [0.2, 0.25) is 0 Å². The number of Topliss-reactive ketones (excluding diaryl/α,β-unsaturated/α-hetero) is 1. The molecule has 0 saturated heterocycles. The molecule has 3 atom stereocenters. The van der Waals surface area contributed by atoms with Crippen molar-refractivity contribution in [3.05, 3.63) is 0 Å². The van der Waals surface area contributed by atoms with Crippen LogP contribution in [-0.4, -0.2) is 27.8 Å². The van der Waals surface area contributed by atoms with Crippen LogP contribution >= 0.6 is 15.9 Å². The summed E-state index contributed by atoms with van der Waals surface area (Å²) in [5.41, 5.74) is -1.58. The number of carbonyl (C=O) groups is 2. The molecule has 0 aliphatic heterocycles. The van der Waals surface area contributed by atoms with Crippen molar-refractivity contribution in [2.75, 3.05) is 0 Å². The number of hydrogen-bond acceptors (Lipinski definition) is 3. The predicted octanol–water partition coefficient (Wildman–Crippen LogP) is 3.03. The number of alkyl halides is 1.